The van der Waals surface area contributed by atoms with Crippen molar-refractivity contribution in [3.05, 3.63) is 30.5 Å². The second kappa shape index (κ2) is 4.49. The van der Waals surface area contributed by atoms with Gasteiger partial charge in [0.05, 0.1) is 22.6 Å². The zero-order valence-electron chi connectivity index (χ0n) is 9.51. The normalized spacial score (nSPS) is 20.8. The molecule has 0 radical (unpaired) electrons. The van der Waals surface area contributed by atoms with Crippen LogP contribution in [0.25, 0.3) is 11.0 Å². The van der Waals surface area contributed by atoms with Gasteiger partial charge in [0.1, 0.15) is 5.82 Å². The number of fused-ring (bicyclic) bond motifs is 1. The number of anilines is 1. The van der Waals surface area contributed by atoms with Gasteiger partial charge in [0.15, 0.2) is 0 Å². The summed E-state index contributed by atoms with van der Waals surface area (Å²) in [5, 5.41) is 0.233. The van der Waals surface area contributed by atoms with Crippen molar-refractivity contribution in [2.75, 3.05) is 18.0 Å². The maximum Gasteiger partial charge on any atom is 0.147 e. The molecule has 0 saturated carbocycles. The van der Waals surface area contributed by atoms with Crippen LogP contribution in [0, 0.1) is 0 Å². The van der Waals surface area contributed by atoms with Crippen molar-refractivity contribution in [1.29, 1.82) is 0 Å². The highest BCUT2D eigenvalue weighted by molar-refractivity contribution is 6.21. The van der Waals surface area contributed by atoms with Gasteiger partial charge in [-0.15, -0.1) is 11.6 Å². The van der Waals surface area contributed by atoms with Gasteiger partial charge in [0, 0.05) is 13.1 Å². The van der Waals surface area contributed by atoms with E-state index in [0.717, 1.165) is 42.8 Å². The second-order valence-electron chi connectivity index (χ2n) is 4.40. The molecule has 0 bridgehead atoms. The SMILES string of the molecule is ClC1CCCN(c2cnc3ccccc3n2)C1. The molecule has 17 heavy (non-hydrogen) atoms. The van der Waals surface area contributed by atoms with Crippen molar-refractivity contribution in [1.82, 2.24) is 9.97 Å². The fourth-order valence-electron chi connectivity index (χ4n) is 2.23. The first-order valence-electron chi connectivity index (χ1n) is 5.94. The summed E-state index contributed by atoms with van der Waals surface area (Å²) in [5.41, 5.74) is 1.89. The molecule has 1 aromatic carbocycles. The van der Waals surface area contributed by atoms with E-state index in [1.807, 2.05) is 30.5 Å². The van der Waals surface area contributed by atoms with Crippen LogP contribution in [-0.4, -0.2) is 28.4 Å². The molecular formula is C13H14ClN3. The lowest BCUT2D eigenvalue weighted by Gasteiger charge is -2.30. The Morgan fingerprint density at radius 2 is 2.06 bits per heavy atom. The minimum absolute atomic E-state index is 0.233. The van der Waals surface area contributed by atoms with Crippen molar-refractivity contribution in [3.63, 3.8) is 0 Å². The molecule has 3 nitrogen and oxygen atoms in total. The Morgan fingerprint density at radius 3 is 2.88 bits per heavy atom. The number of halogens is 1. The van der Waals surface area contributed by atoms with Gasteiger partial charge in [-0.1, -0.05) is 12.1 Å². The smallest absolute Gasteiger partial charge is 0.147 e. The lowest BCUT2D eigenvalue weighted by molar-refractivity contribution is 0.580. The molecule has 4 heteroatoms. The third kappa shape index (κ3) is 2.20. The molecule has 2 heterocycles. The number of aromatic nitrogens is 2. The van der Waals surface area contributed by atoms with E-state index in [1.54, 1.807) is 0 Å². The summed E-state index contributed by atoms with van der Waals surface area (Å²) in [7, 11) is 0. The topological polar surface area (TPSA) is 29.0 Å². The Hall–Kier alpha value is -1.35. The molecule has 1 aromatic heterocycles. The summed E-state index contributed by atoms with van der Waals surface area (Å²) < 4.78 is 0. The highest BCUT2D eigenvalue weighted by Crippen LogP contribution is 2.21. The molecule has 1 unspecified atom stereocenters. The molecule has 1 atom stereocenters. The fraction of sp³-hybridized carbons (Fsp3) is 0.385. The van der Waals surface area contributed by atoms with Crippen LogP contribution < -0.4 is 4.90 Å². The molecule has 0 N–H and O–H groups in total. The Labute approximate surface area is 105 Å². The van der Waals surface area contributed by atoms with E-state index >= 15 is 0 Å². The number of hydrogen-bond donors (Lipinski definition) is 0. The minimum Gasteiger partial charge on any atom is -0.354 e. The van der Waals surface area contributed by atoms with Crippen molar-refractivity contribution < 1.29 is 0 Å². The van der Waals surface area contributed by atoms with Crippen molar-refractivity contribution >= 4 is 28.5 Å². The molecule has 0 aliphatic carbocycles. The first-order valence-corrected chi connectivity index (χ1v) is 6.37. The molecular weight excluding hydrogens is 234 g/mol. The second-order valence-corrected chi connectivity index (χ2v) is 5.02. The molecule has 3 rings (SSSR count). The van der Waals surface area contributed by atoms with Crippen LogP contribution in [0.15, 0.2) is 30.5 Å². The summed E-state index contributed by atoms with van der Waals surface area (Å²) in [6, 6.07) is 7.94. The zero-order valence-corrected chi connectivity index (χ0v) is 10.3. The van der Waals surface area contributed by atoms with Crippen LogP contribution >= 0.6 is 11.6 Å². The van der Waals surface area contributed by atoms with E-state index in [2.05, 4.69) is 14.9 Å². The summed E-state index contributed by atoms with van der Waals surface area (Å²) in [6.45, 7) is 1.89. The molecule has 1 fully saturated rings. The zero-order chi connectivity index (χ0) is 11.7. The third-order valence-corrected chi connectivity index (χ3v) is 3.48. The van der Waals surface area contributed by atoms with Crippen LogP contribution in [-0.2, 0) is 0 Å². The third-order valence-electron chi connectivity index (χ3n) is 3.12. The average Bonchev–Trinajstić information content (AvgIpc) is 2.38. The van der Waals surface area contributed by atoms with Crippen molar-refractivity contribution in [3.8, 4) is 0 Å². The van der Waals surface area contributed by atoms with E-state index in [9.17, 15) is 0 Å². The molecule has 0 amide bonds. The van der Waals surface area contributed by atoms with Crippen LogP contribution in [0.1, 0.15) is 12.8 Å². The molecule has 88 valence electrons. The summed E-state index contributed by atoms with van der Waals surface area (Å²) >= 11 is 6.19. The average molecular weight is 248 g/mol. The largest absolute Gasteiger partial charge is 0.354 e. The lowest BCUT2D eigenvalue weighted by atomic mass is 10.1. The first-order chi connectivity index (χ1) is 8.33. The number of para-hydroxylation sites is 2. The van der Waals surface area contributed by atoms with Crippen molar-refractivity contribution in [2.24, 2.45) is 0 Å². The number of alkyl halides is 1. The Morgan fingerprint density at radius 1 is 1.24 bits per heavy atom. The number of nitrogens with zero attached hydrogens (tertiary/aromatic N) is 3. The summed E-state index contributed by atoms with van der Waals surface area (Å²) in [6.07, 6.45) is 4.07. The van der Waals surface area contributed by atoms with E-state index in [-0.39, 0.29) is 5.38 Å². The van der Waals surface area contributed by atoms with Gasteiger partial charge in [-0.25, -0.2) is 4.98 Å². The predicted molar refractivity (Wildman–Crippen MR) is 70.6 cm³/mol. The van der Waals surface area contributed by atoms with Crippen LogP contribution in [0.2, 0.25) is 0 Å². The summed E-state index contributed by atoms with van der Waals surface area (Å²) in [5.74, 6) is 0.939. The monoisotopic (exact) mass is 247 g/mol. The number of rotatable bonds is 1. The predicted octanol–water partition coefficient (Wildman–Crippen LogP) is 2.84. The van der Waals surface area contributed by atoms with E-state index in [1.165, 1.54) is 0 Å². The van der Waals surface area contributed by atoms with Crippen LogP contribution in [0.3, 0.4) is 0 Å². The number of hydrogen-bond acceptors (Lipinski definition) is 3. The fourth-order valence-corrected chi connectivity index (χ4v) is 2.55. The molecule has 0 spiro atoms. The molecule has 1 aliphatic heterocycles. The Kier molecular flexibility index (Phi) is 2.85. The van der Waals surface area contributed by atoms with Gasteiger partial charge in [-0.05, 0) is 25.0 Å². The maximum absolute atomic E-state index is 6.19. The van der Waals surface area contributed by atoms with Gasteiger partial charge in [0.2, 0.25) is 0 Å². The Bertz CT molecular complexity index is 529. The number of piperidine rings is 1. The minimum atomic E-state index is 0.233. The first kappa shape index (κ1) is 10.8. The lowest BCUT2D eigenvalue weighted by Crippen LogP contribution is -2.36. The standard InChI is InChI=1S/C13H14ClN3/c14-10-4-3-7-17(9-10)13-8-15-11-5-1-2-6-12(11)16-13/h1-2,5-6,8,10H,3-4,7,9H2. The van der Waals surface area contributed by atoms with E-state index in [4.69, 9.17) is 11.6 Å². The highest BCUT2D eigenvalue weighted by atomic mass is 35.5. The van der Waals surface area contributed by atoms with Gasteiger partial charge in [-0.2, -0.15) is 0 Å². The van der Waals surface area contributed by atoms with Crippen LogP contribution in [0.5, 0.6) is 0 Å². The highest BCUT2D eigenvalue weighted by Gasteiger charge is 2.19. The van der Waals surface area contributed by atoms with E-state index in [0.29, 0.717) is 0 Å². The summed E-state index contributed by atoms with van der Waals surface area (Å²) in [4.78, 5) is 11.3. The van der Waals surface area contributed by atoms with Gasteiger partial charge in [-0.3, -0.25) is 4.98 Å². The Balaban J connectivity index is 1.94. The quantitative estimate of drug-likeness (QED) is 0.726. The van der Waals surface area contributed by atoms with Gasteiger partial charge >= 0.3 is 0 Å². The maximum atomic E-state index is 6.19. The van der Waals surface area contributed by atoms with Gasteiger partial charge < -0.3 is 4.90 Å². The molecule has 2 aromatic rings. The van der Waals surface area contributed by atoms with Crippen LogP contribution in [0.4, 0.5) is 5.82 Å². The van der Waals surface area contributed by atoms with Crippen molar-refractivity contribution in [2.45, 2.75) is 18.2 Å². The number of benzene rings is 1. The van der Waals surface area contributed by atoms with E-state index < -0.39 is 0 Å². The molecule has 1 aliphatic rings. The van der Waals surface area contributed by atoms with Gasteiger partial charge in [0.25, 0.3) is 0 Å². The molecule has 1 saturated heterocycles.